The molecule has 0 aromatic heterocycles. The van der Waals surface area contributed by atoms with Gasteiger partial charge in [0.1, 0.15) is 0 Å². The lowest BCUT2D eigenvalue weighted by atomic mass is 10.0. The van der Waals surface area contributed by atoms with Gasteiger partial charge in [0.05, 0.1) is 0 Å². The highest BCUT2D eigenvalue weighted by Gasteiger charge is 2.28. The van der Waals surface area contributed by atoms with Crippen LogP contribution in [0.4, 0.5) is 5.69 Å². The second kappa shape index (κ2) is 5.96. The second-order valence-corrected chi connectivity index (χ2v) is 6.00. The number of para-hydroxylation sites is 1. The molecule has 2 aliphatic heterocycles. The molecule has 0 saturated carbocycles. The third-order valence-corrected chi connectivity index (χ3v) is 4.75. The number of hydrogen-bond acceptors (Lipinski definition) is 2. The Bertz CT molecular complexity index is 407. The van der Waals surface area contributed by atoms with E-state index in [2.05, 4.69) is 41.0 Å². The molecule has 0 spiro atoms. The molecular weight excluding hydrogens is 232 g/mol. The summed E-state index contributed by atoms with van der Waals surface area (Å²) in [7, 11) is 0. The van der Waals surface area contributed by atoms with Crippen LogP contribution in [0.3, 0.4) is 0 Å². The number of unbranched alkanes of at least 4 members (excludes halogenated alkanes) is 1. The topological polar surface area (TPSA) is 6.48 Å². The van der Waals surface area contributed by atoms with Crippen LogP contribution in [0.1, 0.15) is 38.2 Å². The lowest BCUT2D eigenvalue weighted by Crippen LogP contribution is -2.44. The molecule has 0 bridgehead atoms. The summed E-state index contributed by atoms with van der Waals surface area (Å²) in [6.45, 7) is 7.42. The van der Waals surface area contributed by atoms with E-state index >= 15 is 0 Å². The maximum atomic E-state index is 2.67. The van der Waals surface area contributed by atoms with Crippen molar-refractivity contribution in [2.75, 3.05) is 31.1 Å². The first-order chi connectivity index (χ1) is 9.38. The quantitative estimate of drug-likeness (QED) is 0.817. The van der Waals surface area contributed by atoms with Crippen LogP contribution >= 0.6 is 0 Å². The number of hydrogen-bond donors (Lipinski definition) is 0. The molecule has 0 amide bonds. The van der Waals surface area contributed by atoms with Crippen LogP contribution in [0, 0.1) is 0 Å². The van der Waals surface area contributed by atoms with E-state index in [9.17, 15) is 0 Å². The van der Waals surface area contributed by atoms with E-state index in [0.29, 0.717) is 0 Å². The van der Waals surface area contributed by atoms with Gasteiger partial charge in [0.25, 0.3) is 0 Å². The fourth-order valence-electron chi connectivity index (χ4n) is 3.58. The van der Waals surface area contributed by atoms with Crippen molar-refractivity contribution >= 4 is 5.69 Å². The van der Waals surface area contributed by atoms with Crippen molar-refractivity contribution in [3.05, 3.63) is 29.8 Å². The van der Waals surface area contributed by atoms with Crippen LogP contribution in [0.25, 0.3) is 0 Å². The average molecular weight is 258 g/mol. The fraction of sp³-hybridized carbons (Fsp3) is 0.647. The Kier molecular flexibility index (Phi) is 4.07. The van der Waals surface area contributed by atoms with Gasteiger partial charge in [0.15, 0.2) is 0 Å². The number of piperidine rings is 1. The highest BCUT2D eigenvalue weighted by molar-refractivity contribution is 5.58. The summed E-state index contributed by atoms with van der Waals surface area (Å²) >= 11 is 0. The first-order valence-electron chi connectivity index (χ1n) is 7.95. The van der Waals surface area contributed by atoms with Gasteiger partial charge in [-0.3, -0.25) is 0 Å². The molecule has 0 N–H and O–H groups in total. The summed E-state index contributed by atoms with van der Waals surface area (Å²) in [5.74, 6) is 0. The SMILES string of the molecule is CCCCN1CCC(N2CCc3ccccc32)CC1. The predicted octanol–water partition coefficient (Wildman–Crippen LogP) is 3.31. The molecular formula is C17H26N2. The number of benzene rings is 1. The van der Waals surface area contributed by atoms with Gasteiger partial charge in [0.2, 0.25) is 0 Å². The van der Waals surface area contributed by atoms with Crippen LogP contribution in [0.5, 0.6) is 0 Å². The monoisotopic (exact) mass is 258 g/mol. The minimum atomic E-state index is 0.779. The number of rotatable bonds is 4. The molecule has 2 heterocycles. The highest BCUT2D eigenvalue weighted by atomic mass is 15.2. The minimum absolute atomic E-state index is 0.779. The van der Waals surface area contributed by atoms with Gasteiger partial charge in [-0.2, -0.15) is 0 Å². The molecule has 1 aromatic rings. The van der Waals surface area contributed by atoms with E-state index in [4.69, 9.17) is 0 Å². The van der Waals surface area contributed by atoms with E-state index in [1.165, 1.54) is 64.0 Å². The van der Waals surface area contributed by atoms with E-state index in [0.717, 1.165) is 6.04 Å². The summed E-state index contributed by atoms with van der Waals surface area (Å²) in [5, 5.41) is 0. The molecule has 1 fully saturated rings. The standard InChI is InChI=1S/C17H26N2/c1-2-3-11-18-12-9-16(10-13-18)19-14-8-15-6-4-5-7-17(15)19/h4-7,16H,2-3,8-14H2,1H3. The molecule has 2 heteroatoms. The van der Waals surface area contributed by atoms with Crippen molar-refractivity contribution in [2.45, 2.75) is 45.1 Å². The normalized spacial score (nSPS) is 20.8. The van der Waals surface area contributed by atoms with Crippen LogP contribution in [-0.2, 0) is 6.42 Å². The van der Waals surface area contributed by atoms with Gasteiger partial charge in [-0.1, -0.05) is 31.5 Å². The molecule has 0 radical (unpaired) electrons. The van der Waals surface area contributed by atoms with Gasteiger partial charge in [-0.15, -0.1) is 0 Å². The maximum absolute atomic E-state index is 2.67. The Morgan fingerprint density at radius 1 is 1.11 bits per heavy atom. The second-order valence-electron chi connectivity index (χ2n) is 6.00. The zero-order chi connectivity index (χ0) is 13.1. The number of anilines is 1. The van der Waals surface area contributed by atoms with Crippen LogP contribution < -0.4 is 4.90 Å². The third-order valence-electron chi connectivity index (χ3n) is 4.75. The lowest BCUT2D eigenvalue weighted by molar-refractivity contribution is 0.207. The number of likely N-dealkylation sites (tertiary alicyclic amines) is 1. The maximum Gasteiger partial charge on any atom is 0.0402 e. The number of fused-ring (bicyclic) bond motifs is 1. The fourth-order valence-corrected chi connectivity index (χ4v) is 3.58. The van der Waals surface area contributed by atoms with E-state index in [1.807, 2.05) is 0 Å². The molecule has 2 aliphatic rings. The summed E-state index contributed by atoms with van der Waals surface area (Å²) in [5.41, 5.74) is 3.06. The zero-order valence-electron chi connectivity index (χ0n) is 12.1. The van der Waals surface area contributed by atoms with Crippen molar-refractivity contribution in [1.82, 2.24) is 4.90 Å². The molecule has 0 atom stereocenters. The molecule has 0 unspecified atom stereocenters. The highest BCUT2D eigenvalue weighted by Crippen LogP contribution is 2.32. The van der Waals surface area contributed by atoms with Crippen molar-refractivity contribution in [2.24, 2.45) is 0 Å². The van der Waals surface area contributed by atoms with Gasteiger partial charge in [-0.25, -0.2) is 0 Å². The Morgan fingerprint density at radius 2 is 1.89 bits per heavy atom. The van der Waals surface area contributed by atoms with Gasteiger partial charge in [-0.05, 0) is 43.9 Å². The van der Waals surface area contributed by atoms with Gasteiger partial charge < -0.3 is 9.80 Å². The molecule has 104 valence electrons. The minimum Gasteiger partial charge on any atom is -0.368 e. The molecule has 1 aromatic carbocycles. The summed E-state index contributed by atoms with van der Waals surface area (Å²) in [6, 6.07) is 9.75. The lowest BCUT2D eigenvalue weighted by Gasteiger charge is -2.38. The molecule has 19 heavy (non-hydrogen) atoms. The average Bonchev–Trinajstić information content (AvgIpc) is 2.90. The Balaban J connectivity index is 1.58. The Hall–Kier alpha value is -1.02. The first kappa shape index (κ1) is 13.0. The first-order valence-corrected chi connectivity index (χ1v) is 7.95. The van der Waals surface area contributed by atoms with Crippen molar-refractivity contribution in [3.8, 4) is 0 Å². The van der Waals surface area contributed by atoms with Crippen LogP contribution in [-0.4, -0.2) is 37.1 Å². The van der Waals surface area contributed by atoms with E-state index in [1.54, 1.807) is 5.56 Å². The number of nitrogens with zero attached hydrogens (tertiary/aromatic N) is 2. The predicted molar refractivity (Wildman–Crippen MR) is 81.9 cm³/mol. The van der Waals surface area contributed by atoms with Crippen molar-refractivity contribution in [3.63, 3.8) is 0 Å². The van der Waals surface area contributed by atoms with Gasteiger partial charge in [0, 0.05) is 31.4 Å². The summed E-state index contributed by atoms with van der Waals surface area (Å²) in [6.07, 6.45) is 6.61. The van der Waals surface area contributed by atoms with E-state index in [-0.39, 0.29) is 0 Å². The molecule has 0 aliphatic carbocycles. The molecule has 3 rings (SSSR count). The largest absolute Gasteiger partial charge is 0.368 e. The van der Waals surface area contributed by atoms with Gasteiger partial charge >= 0.3 is 0 Å². The summed E-state index contributed by atoms with van der Waals surface area (Å²) < 4.78 is 0. The summed E-state index contributed by atoms with van der Waals surface area (Å²) in [4.78, 5) is 5.33. The van der Waals surface area contributed by atoms with Crippen molar-refractivity contribution < 1.29 is 0 Å². The van der Waals surface area contributed by atoms with Crippen LogP contribution in [0.2, 0.25) is 0 Å². The Morgan fingerprint density at radius 3 is 2.68 bits per heavy atom. The third kappa shape index (κ3) is 2.79. The van der Waals surface area contributed by atoms with Crippen molar-refractivity contribution in [1.29, 1.82) is 0 Å². The van der Waals surface area contributed by atoms with E-state index < -0.39 is 0 Å². The Labute approximate surface area is 117 Å². The smallest absolute Gasteiger partial charge is 0.0402 e. The zero-order valence-corrected chi connectivity index (χ0v) is 12.1. The molecule has 2 nitrogen and oxygen atoms in total. The van der Waals surface area contributed by atoms with Crippen LogP contribution in [0.15, 0.2) is 24.3 Å². The molecule has 1 saturated heterocycles.